The minimum absolute atomic E-state index is 0.626. The molecule has 0 unspecified atom stereocenters. The maximum Gasteiger partial charge on any atom is 0.140 e. The summed E-state index contributed by atoms with van der Waals surface area (Å²) in [7, 11) is 2.36. The van der Waals surface area contributed by atoms with Crippen molar-refractivity contribution in [2.75, 3.05) is 26.7 Å². The lowest BCUT2D eigenvalue weighted by atomic mass is 10.0. The molecule has 0 bridgehead atoms. The lowest BCUT2D eigenvalue weighted by Crippen LogP contribution is -2.48. The summed E-state index contributed by atoms with van der Waals surface area (Å²) in [5.41, 5.74) is 0. The summed E-state index contributed by atoms with van der Waals surface area (Å²) in [5.74, 6) is 7.47. The topological polar surface area (TPSA) is 0 Å². The lowest BCUT2D eigenvalue weighted by Gasteiger charge is -2.36. The first-order valence-electron chi connectivity index (χ1n) is 6.52. The van der Waals surface area contributed by atoms with E-state index in [1.807, 2.05) is 0 Å². The predicted molar refractivity (Wildman–Crippen MR) is 66.5 cm³/mol. The minimum atomic E-state index is 0.626. The molecule has 1 aliphatic rings. The van der Waals surface area contributed by atoms with Gasteiger partial charge < -0.3 is 4.48 Å². The summed E-state index contributed by atoms with van der Waals surface area (Å²) in [6.07, 6.45) is 6.61. The lowest BCUT2D eigenvalue weighted by molar-refractivity contribution is -0.907. The Hall–Kier alpha value is -0.480. The zero-order valence-corrected chi connectivity index (χ0v) is 10.7. The molecule has 86 valence electrons. The summed E-state index contributed by atoms with van der Waals surface area (Å²) < 4.78 is 1.19. The third-order valence-electron chi connectivity index (χ3n) is 3.65. The first-order valence-corrected chi connectivity index (χ1v) is 6.52. The zero-order valence-electron chi connectivity index (χ0n) is 10.7. The molecule has 0 aromatic carbocycles. The Morgan fingerprint density at radius 2 is 1.67 bits per heavy atom. The van der Waals surface area contributed by atoms with E-state index in [-0.39, 0.29) is 0 Å². The Balaban J connectivity index is 2.39. The SMILES string of the molecule is CCC(C#CC[N+]1(C)CCCCC1)CC. The first-order chi connectivity index (χ1) is 7.20. The van der Waals surface area contributed by atoms with Crippen molar-refractivity contribution in [3.05, 3.63) is 0 Å². The number of likely N-dealkylation sites (tertiary alicyclic amines) is 1. The van der Waals surface area contributed by atoms with E-state index in [0.717, 1.165) is 6.54 Å². The predicted octanol–water partition coefficient (Wildman–Crippen LogP) is 3.06. The molecule has 0 amide bonds. The molecule has 1 heterocycles. The van der Waals surface area contributed by atoms with Crippen molar-refractivity contribution < 1.29 is 4.48 Å². The highest BCUT2D eigenvalue weighted by atomic mass is 15.3. The number of nitrogens with zero attached hydrogens (tertiary/aromatic N) is 1. The van der Waals surface area contributed by atoms with E-state index in [1.54, 1.807) is 0 Å². The van der Waals surface area contributed by atoms with Gasteiger partial charge in [-0.15, -0.1) is 0 Å². The van der Waals surface area contributed by atoms with Crippen LogP contribution < -0.4 is 0 Å². The molecule has 0 saturated carbocycles. The summed E-state index contributed by atoms with van der Waals surface area (Å²) >= 11 is 0. The maximum absolute atomic E-state index is 3.43. The van der Waals surface area contributed by atoms with Gasteiger partial charge in [0.15, 0.2) is 0 Å². The van der Waals surface area contributed by atoms with Crippen LogP contribution >= 0.6 is 0 Å². The van der Waals surface area contributed by atoms with Crippen molar-refractivity contribution >= 4 is 0 Å². The molecule has 0 aliphatic carbocycles. The largest absolute Gasteiger partial charge is 0.316 e. The van der Waals surface area contributed by atoms with Crippen LogP contribution in [0.5, 0.6) is 0 Å². The summed E-state index contributed by atoms with van der Waals surface area (Å²) in [6.45, 7) is 8.20. The van der Waals surface area contributed by atoms with E-state index < -0.39 is 0 Å². The second-order valence-corrected chi connectivity index (χ2v) is 5.12. The van der Waals surface area contributed by atoms with Crippen molar-refractivity contribution in [2.45, 2.75) is 46.0 Å². The normalized spacial score (nSPS) is 19.7. The molecule has 0 N–H and O–H groups in total. The number of piperidine rings is 1. The van der Waals surface area contributed by atoms with Crippen LogP contribution in [-0.4, -0.2) is 31.2 Å². The average Bonchev–Trinajstić information content (AvgIpc) is 2.25. The van der Waals surface area contributed by atoms with Gasteiger partial charge in [0.05, 0.1) is 20.1 Å². The molecule has 1 rings (SSSR count). The number of hydrogen-bond donors (Lipinski definition) is 0. The van der Waals surface area contributed by atoms with Crippen LogP contribution in [-0.2, 0) is 0 Å². The second kappa shape index (κ2) is 6.18. The van der Waals surface area contributed by atoms with Crippen LogP contribution in [0, 0.1) is 17.8 Å². The van der Waals surface area contributed by atoms with Crippen molar-refractivity contribution in [2.24, 2.45) is 5.92 Å². The molecule has 0 aromatic heterocycles. The molecule has 0 radical (unpaired) electrons. The van der Waals surface area contributed by atoms with Gasteiger partial charge in [0, 0.05) is 5.92 Å². The smallest absolute Gasteiger partial charge is 0.140 e. The van der Waals surface area contributed by atoms with Crippen LogP contribution in [0.2, 0.25) is 0 Å². The third-order valence-corrected chi connectivity index (χ3v) is 3.65. The van der Waals surface area contributed by atoms with Gasteiger partial charge in [-0.05, 0) is 38.0 Å². The van der Waals surface area contributed by atoms with Crippen molar-refractivity contribution in [1.82, 2.24) is 0 Å². The summed E-state index contributed by atoms with van der Waals surface area (Å²) in [6, 6.07) is 0. The number of rotatable bonds is 3. The van der Waals surface area contributed by atoms with Gasteiger partial charge >= 0.3 is 0 Å². The highest BCUT2D eigenvalue weighted by Crippen LogP contribution is 2.15. The fourth-order valence-corrected chi connectivity index (χ4v) is 2.31. The minimum Gasteiger partial charge on any atom is -0.316 e. The Kier molecular flexibility index (Phi) is 5.19. The molecule has 1 aliphatic heterocycles. The van der Waals surface area contributed by atoms with E-state index in [4.69, 9.17) is 0 Å². The average molecular weight is 208 g/mol. The van der Waals surface area contributed by atoms with Gasteiger partial charge in [-0.2, -0.15) is 0 Å². The highest BCUT2D eigenvalue weighted by molar-refractivity contribution is 5.03. The second-order valence-electron chi connectivity index (χ2n) is 5.12. The molecule has 1 heteroatoms. The van der Waals surface area contributed by atoms with Crippen LogP contribution in [0.25, 0.3) is 0 Å². The molecular formula is C14H26N+. The van der Waals surface area contributed by atoms with E-state index in [9.17, 15) is 0 Å². The van der Waals surface area contributed by atoms with Crippen LogP contribution in [0.3, 0.4) is 0 Å². The van der Waals surface area contributed by atoms with E-state index in [1.165, 1.54) is 49.7 Å². The molecule has 0 spiro atoms. The van der Waals surface area contributed by atoms with Gasteiger partial charge in [-0.25, -0.2) is 0 Å². The Labute approximate surface area is 95.4 Å². The van der Waals surface area contributed by atoms with E-state index in [0.29, 0.717) is 5.92 Å². The van der Waals surface area contributed by atoms with Gasteiger partial charge in [-0.3, -0.25) is 0 Å². The molecule has 0 atom stereocenters. The third kappa shape index (κ3) is 4.26. The van der Waals surface area contributed by atoms with Crippen LogP contribution in [0.15, 0.2) is 0 Å². The Bertz CT molecular complexity index is 223. The van der Waals surface area contributed by atoms with Crippen molar-refractivity contribution in [3.8, 4) is 11.8 Å². The Morgan fingerprint density at radius 3 is 2.20 bits per heavy atom. The molecule has 15 heavy (non-hydrogen) atoms. The first kappa shape index (κ1) is 12.6. The van der Waals surface area contributed by atoms with Gasteiger partial charge in [0.25, 0.3) is 0 Å². The maximum atomic E-state index is 3.43. The zero-order chi connectivity index (χ0) is 11.1. The van der Waals surface area contributed by atoms with Gasteiger partial charge in [-0.1, -0.05) is 19.8 Å². The van der Waals surface area contributed by atoms with Crippen molar-refractivity contribution in [1.29, 1.82) is 0 Å². The van der Waals surface area contributed by atoms with Gasteiger partial charge in [0.2, 0.25) is 0 Å². The highest BCUT2D eigenvalue weighted by Gasteiger charge is 2.22. The Morgan fingerprint density at radius 1 is 1.07 bits per heavy atom. The van der Waals surface area contributed by atoms with E-state index in [2.05, 4.69) is 32.7 Å². The molecule has 1 fully saturated rings. The van der Waals surface area contributed by atoms with E-state index >= 15 is 0 Å². The summed E-state index contributed by atoms with van der Waals surface area (Å²) in [4.78, 5) is 0. The number of quaternary nitrogens is 1. The van der Waals surface area contributed by atoms with Crippen LogP contribution in [0.4, 0.5) is 0 Å². The van der Waals surface area contributed by atoms with Crippen LogP contribution in [0.1, 0.15) is 46.0 Å². The fourth-order valence-electron chi connectivity index (χ4n) is 2.31. The molecule has 0 aromatic rings. The summed E-state index contributed by atoms with van der Waals surface area (Å²) in [5, 5.41) is 0. The molecular weight excluding hydrogens is 182 g/mol. The molecule has 1 saturated heterocycles. The van der Waals surface area contributed by atoms with Gasteiger partial charge in [0.1, 0.15) is 6.54 Å². The fraction of sp³-hybridized carbons (Fsp3) is 0.857. The van der Waals surface area contributed by atoms with Crippen molar-refractivity contribution in [3.63, 3.8) is 0 Å². The monoisotopic (exact) mass is 208 g/mol. The molecule has 1 nitrogen and oxygen atoms in total. The number of hydrogen-bond acceptors (Lipinski definition) is 0. The quantitative estimate of drug-likeness (QED) is 0.494. The standard InChI is InChI=1S/C14H26N/c1-4-14(5-2)10-9-13-15(3)11-7-6-8-12-15/h14H,4-8,11-13H2,1-3H3/q+1.